The predicted octanol–water partition coefficient (Wildman–Crippen LogP) is 1.59. The Bertz CT molecular complexity index is 510. The second-order valence-electron chi connectivity index (χ2n) is 5.48. The van der Waals surface area contributed by atoms with E-state index in [1.165, 1.54) is 6.42 Å². The molecular weight excluding hydrogens is 262 g/mol. The third kappa shape index (κ3) is 3.81. The number of hydrogen-bond acceptors (Lipinski definition) is 3. The van der Waals surface area contributed by atoms with Crippen molar-refractivity contribution >= 4 is 10.0 Å². The molecule has 0 spiro atoms. The number of aromatic nitrogens is 1. The van der Waals surface area contributed by atoms with Gasteiger partial charge in [-0.1, -0.05) is 19.8 Å². The van der Waals surface area contributed by atoms with Crippen molar-refractivity contribution in [3.05, 3.63) is 18.0 Å². The van der Waals surface area contributed by atoms with Crippen LogP contribution in [-0.2, 0) is 16.6 Å². The van der Waals surface area contributed by atoms with Crippen LogP contribution in [0, 0.1) is 5.92 Å². The zero-order valence-electron chi connectivity index (χ0n) is 11.6. The molecule has 0 radical (unpaired) electrons. The number of nitrogens with one attached hydrogen (secondary N) is 3. The van der Waals surface area contributed by atoms with E-state index in [1.807, 2.05) is 7.05 Å². The molecule has 0 amide bonds. The highest BCUT2D eigenvalue weighted by Crippen LogP contribution is 2.25. The largest absolute Gasteiger partial charge is 0.363 e. The van der Waals surface area contributed by atoms with Crippen molar-refractivity contribution in [2.24, 2.45) is 5.92 Å². The predicted molar refractivity (Wildman–Crippen MR) is 75.3 cm³/mol. The van der Waals surface area contributed by atoms with Crippen LogP contribution in [0.5, 0.6) is 0 Å². The number of rotatable bonds is 5. The first kappa shape index (κ1) is 14.6. The summed E-state index contributed by atoms with van der Waals surface area (Å²) in [6, 6.07) is 1.77. The zero-order valence-corrected chi connectivity index (χ0v) is 12.4. The molecule has 19 heavy (non-hydrogen) atoms. The molecule has 1 aliphatic carbocycles. The molecule has 0 saturated heterocycles. The third-order valence-corrected chi connectivity index (χ3v) is 5.15. The highest BCUT2D eigenvalue weighted by atomic mass is 32.2. The number of aromatic amines is 1. The van der Waals surface area contributed by atoms with E-state index >= 15 is 0 Å². The topological polar surface area (TPSA) is 74.0 Å². The first-order valence-electron chi connectivity index (χ1n) is 6.85. The van der Waals surface area contributed by atoms with Crippen LogP contribution >= 0.6 is 0 Å². The molecular formula is C13H23N3O2S. The molecule has 1 fully saturated rings. The van der Waals surface area contributed by atoms with Gasteiger partial charge in [-0.05, 0) is 31.9 Å². The minimum Gasteiger partial charge on any atom is -0.363 e. The summed E-state index contributed by atoms with van der Waals surface area (Å²) < 4.78 is 27.4. The van der Waals surface area contributed by atoms with E-state index in [0.29, 0.717) is 17.4 Å². The van der Waals surface area contributed by atoms with Crippen LogP contribution in [0.2, 0.25) is 0 Å². The Balaban J connectivity index is 2.04. The second kappa shape index (κ2) is 6.07. The van der Waals surface area contributed by atoms with E-state index in [1.54, 1.807) is 12.3 Å². The maximum absolute atomic E-state index is 12.3. The smallest absolute Gasteiger partial charge is 0.242 e. The first-order chi connectivity index (χ1) is 9.01. The molecule has 5 nitrogen and oxygen atoms in total. The van der Waals surface area contributed by atoms with Gasteiger partial charge in [-0.2, -0.15) is 0 Å². The lowest BCUT2D eigenvalue weighted by molar-refractivity contribution is 0.327. The fourth-order valence-electron chi connectivity index (χ4n) is 2.70. The Kier molecular flexibility index (Phi) is 4.65. The van der Waals surface area contributed by atoms with Gasteiger partial charge in [-0.3, -0.25) is 0 Å². The summed E-state index contributed by atoms with van der Waals surface area (Å²) in [5.74, 6) is 0.604. The normalized spacial score (nSPS) is 24.5. The van der Waals surface area contributed by atoms with Gasteiger partial charge in [0.1, 0.15) is 0 Å². The lowest BCUT2D eigenvalue weighted by Gasteiger charge is -2.27. The summed E-state index contributed by atoms with van der Waals surface area (Å²) in [5.41, 5.74) is 0.875. The molecule has 2 rings (SSSR count). The van der Waals surface area contributed by atoms with Gasteiger partial charge in [0.2, 0.25) is 10.0 Å². The van der Waals surface area contributed by atoms with Crippen molar-refractivity contribution in [2.75, 3.05) is 7.05 Å². The van der Waals surface area contributed by atoms with Crippen molar-refractivity contribution in [3.63, 3.8) is 0 Å². The lowest BCUT2D eigenvalue weighted by Crippen LogP contribution is -2.37. The van der Waals surface area contributed by atoms with Crippen LogP contribution in [0.1, 0.15) is 38.3 Å². The SMILES string of the molecule is CNCc1cc(S(=O)(=O)NC2CCCC(C)C2)c[nH]1. The van der Waals surface area contributed by atoms with Crippen LogP contribution in [0.25, 0.3) is 0 Å². The van der Waals surface area contributed by atoms with E-state index in [0.717, 1.165) is 25.0 Å². The number of H-pyrrole nitrogens is 1. The third-order valence-electron chi connectivity index (χ3n) is 3.65. The summed E-state index contributed by atoms with van der Waals surface area (Å²) in [6.45, 7) is 2.82. The fourth-order valence-corrected chi connectivity index (χ4v) is 4.00. The molecule has 1 aliphatic rings. The van der Waals surface area contributed by atoms with Crippen molar-refractivity contribution in [1.29, 1.82) is 0 Å². The maximum atomic E-state index is 12.3. The molecule has 1 aromatic rings. The van der Waals surface area contributed by atoms with E-state index in [9.17, 15) is 8.42 Å². The van der Waals surface area contributed by atoms with Crippen molar-refractivity contribution in [2.45, 2.75) is 50.1 Å². The van der Waals surface area contributed by atoms with Gasteiger partial charge in [0.25, 0.3) is 0 Å². The Morgan fingerprint density at radius 2 is 2.21 bits per heavy atom. The summed E-state index contributed by atoms with van der Waals surface area (Å²) in [6.07, 6.45) is 5.74. The minimum atomic E-state index is -3.39. The van der Waals surface area contributed by atoms with Gasteiger partial charge in [0.15, 0.2) is 0 Å². The number of sulfonamides is 1. The molecule has 2 atom stereocenters. The van der Waals surface area contributed by atoms with Gasteiger partial charge < -0.3 is 10.3 Å². The molecule has 1 saturated carbocycles. The molecule has 0 aliphatic heterocycles. The van der Waals surface area contributed by atoms with E-state index in [2.05, 4.69) is 21.9 Å². The van der Waals surface area contributed by atoms with Crippen molar-refractivity contribution < 1.29 is 8.42 Å². The first-order valence-corrected chi connectivity index (χ1v) is 8.34. The molecule has 3 N–H and O–H groups in total. The van der Waals surface area contributed by atoms with Gasteiger partial charge in [-0.15, -0.1) is 0 Å². The summed E-state index contributed by atoms with van der Waals surface area (Å²) in [7, 11) is -1.56. The van der Waals surface area contributed by atoms with Crippen molar-refractivity contribution in [3.8, 4) is 0 Å². The van der Waals surface area contributed by atoms with Gasteiger partial charge >= 0.3 is 0 Å². The van der Waals surface area contributed by atoms with Crippen LogP contribution in [0.3, 0.4) is 0 Å². The lowest BCUT2D eigenvalue weighted by atomic mass is 9.88. The molecule has 2 unspecified atom stereocenters. The highest BCUT2D eigenvalue weighted by molar-refractivity contribution is 7.89. The number of hydrogen-bond donors (Lipinski definition) is 3. The molecule has 1 aromatic heterocycles. The zero-order chi connectivity index (χ0) is 13.9. The summed E-state index contributed by atoms with van der Waals surface area (Å²) in [4.78, 5) is 3.31. The van der Waals surface area contributed by atoms with Crippen molar-refractivity contribution in [1.82, 2.24) is 15.0 Å². The van der Waals surface area contributed by atoms with Crippen LogP contribution in [-0.4, -0.2) is 26.5 Å². The summed E-state index contributed by atoms with van der Waals surface area (Å²) >= 11 is 0. The van der Waals surface area contributed by atoms with Crippen LogP contribution in [0.4, 0.5) is 0 Å². The average molecular weight is 285 g/mol. The van der Waals surface area contributed by atoms with E-state index in [4.69, 9.17) is 0 Å². The standard InChI is InChI=1S/C13H23N3O2S/c1-10-4-3-5-11(6-10)16-19(17,18)13-7-12(8-14-2)15-9-13/h7,9-11,14-16H,3-6,8H2,1-2H3. The van der Waals surface area contributed by atoms with Crippen LogP contribution in [0.15, 0.2) is 17.2 Å². The Morgan fingerprint density at radius 3 is 2.89 bits per heavy atom. The highest BCUT2D eigenvalue weighted by Gasteiger charge is 2.25. The van der Waals surface area contributed by atoms with E-state index in [-0.39, 0.29) is 6.04 Å². The maximum Gasteiger partial charge on any atom is 0.242 e. The van der Waals surface area contributed by atoms with E-state index < -0.39 is 10.0 Å². The quantitative estimate of drug-likeness (QED) is 0.769. The van der Waals surface area contributed by atoms with Gasteiger partial charge in [-0.25, -0.2) is 13.1 Å². The Hall–Kier alpha value is -0.850. The van der Waals surface area contributed by atoms with Gasteiger partial charge in [0.05, 0.1) is 4.90 Å². The fraction of sp³-hybridized carbons (Fsp3) is 0.692. The molecule has 0 bridgehead atoms. The molecule has 1 heterocycles. The van der Waals surface area contributed by atoms with Crippen LogP contribution < -0.4 is 10.0 Å². The molecule has 6 heteroatoms. The van der Waals surface area contributed by atoms with Gasteiger partial charge in [0, 0.05) is 24.5 Å². The Labute approximate surface area is 115 Å². The monoisotopic (exact) mass is 285 g/mol. The average Bonchev–Trinajstić information content (AvgIpc) is 2.78. The molecule has 0 aromatic carbocycles. The second-order valence-corrected chi connectivity index (χ2v) is 7.19. The minimum absolute atomic E-state index is 0.0800. The summed E-state index contributed by atoms with van der Waals surface area (Å²) in [5, 5.41) is 2.99. The molecule has 108 valence electrons. The Morgan fingerprint density at radius 1 is 1.42 bits per heavy atom.